The van der Waals surface area contributed by atoms with Gasteiger partial charge in [0.25, 0.3) is 0 Å². The molecular formula is C18H17BNO2. The van der Waals surface area contributed by atoms with Gasteiger partial charge in [-0.2, -0.15) is 0 Å². The van der Waals surface area contributed by atoms with E-state index in [1.165, 1.54) is 22.3 Å². The zero-order valence-corrected chi connectivity index (χ0v) is 12.1. The monoisotopic (exact) mass is 290 g/mol. The van der Waals surface area contributed by atoms with Crippen molar-refractivity contribution in [3.63, 3.8) is 0 Å². The molecule has 4 N–H and O–H groups in total. The molecule has 0 bridgehead atoms. The van der Waals surface area contributed by atoms with Gasteiger partial charge in [-0.1, -0.05) is 66.7 Å². The topological polar surface area (TPSA) is 66.5 Å². The van der Waals surface area contributed by atoms with Gasteiger partial charge in [0, 0.05) is 5.69 Å². The maximum absolute atomic E-state index is 7.00. The molecule has 0 saturated carbocycles. The number of anilines is 1. The van der Waals surface area contributed by atoms with Crippen LogP contribution in [0.15, 0.2) is 78.9 Å². The van der Waals surface area contributed by atoms with Crippen molar-refractivity contribution in [2.24, 2.45) is 0 Å². The summed E-state index contributed by atoms with van der Waals surface area (Å²) in [6.07, 6.45) is 0. The minimum Gasteiger partial charge on any atom is -0.429 e. The van der Waals surface area contributed by atoms with Crippen LogP contribution in [-0.4, -0.2) is 17.7 Å². The SMILES string of the molecule is Nc1ccc(-c2ccccc2)c(-c2ccccc2)c1.O[B]O. The lowest BCUT2D eigenvalue weighted by atomic mass is 9.94. The Hall–Kier alpha value is -2.56. The Labute approximate surface area is 131 Å². The lowest BCUT2D eigenvalue weighted by Gasteiger charge is -2.11. The zero-order chi connectivity index (χ0) is 15.8. The zero-order valence-electron chi connectivity index (χ0n) is 12.1. The fourth-order valence-corrected chi connectivity index (χ4v) is 2.29. The van der Waals surface area contributed by atoms with Crippen LogP contribution < -0.4 is 5.73 Å². The largest absolute Gasteiger partial charge is 0.482 e. The molecule has 3 aromatic rings. The van der Waals surface area contributed by atoms with Crippen LogP contribution in [0.1, 0.15) is 0 Å². The second-order valence-electron chi connectivity index (χ2n) is 4.65. The number of nitrogen functional groups attached to an aromatic ring is 1. The van der Waals surface area contributed by atoms with E-state index in [1.54, 1.807) is 0 Å². The van der Waals surface area contributed by atoms with Crippen LogP contribution in [0.5, 0.6) is 0 Å². The lowest BCUT2D eigenvalue weighted by Crippen LogP contribution is -1.89. The third-order valence-electron chi connectivity index (χ3n) is 3.21. The molecule has 0 fully saturated rings. The van der Waals surface area contributed by atoms with Crippen LogP contribution in [0.3, 0.4) is 0 Å². The van der Waals surface area contributed by atoms with Crippen molar-refractivity contribution in [3.05, 3.63) is 78.9 Å². The predicted octanol–water partition coefficient (Wildman–Crippen LogP) is 3.11. The number of rotatable bonds is 2. The first kappa shape index (κ1) is 15.8. The second kappa shape index (κ2) is 8.03. The van der Waals surface area contributed by atoms with Crippen LogP contribution in [0.25, 0.3) is 22.3 Å². The van der Waals surface area contributed by atoms with Crippen molar-refractivity contribution in [2.45, 2.75) is 0 Å². The molecule has 0 saturated heterocycles. The van der Waals surface area contributed by atoms with E-state index < -0.39 is 0 Å². The van der Waals surface area contributed by atoms with E-state index in [-0.39, 0.29) is 7.69 Å². The van der Waals surface area contributed by atoms with Gasteiger partial charge in [0.2, 0.25) is 0 Å². The van der Waals surface area contributed by atoms with Crippen LogP contribution in [0.2, 0.25) is 0 Å². The van der Waals surface area contributed by atoms with E-state index in [4.69, 9.17) is 15.8 Å². The maximum atomic E-state index is 7.00. The van der Waals surface area contributed by atoms with Crippen molar-refractivity contribution >= 4 is 13.4 Å². The molecule has 0 heterocycles. The van der Waals surface area contributed by atoms with E-state index in [1.807, 2.05) is 36.4 Å². The number of nitrogens with two attached hydrogens (primary N) is 1. The first-order valence-electron chi connectivity index (χ1n) is 6.86. The minimum absolute atomic E-state index is 0. The summed E-state index contributed by atoms with van der Waals surface area (Å²) >= 11 is 0. The molecule has 3 nitrogen and oxygen atoms in total. The van der Waals surface area contributed by atoms with E-state index in [0.29, 0.717) is 0 Å². The Bertz CT molecular complexity index is 703. The minimum atomic E-state index is 0. The number of hydrogen-bond acceptors (Lipinski definition) is 3. The van der Waals surface area contributed by atoms with Gasteiger partial charge >= 0.3 is 7.69 Å². The standard InChI is InChI=1S/C18H15N.BH2O2/c19-16-11-12-17(14-7-3-1-4-8-14)18(13-16)15-9-5-2-6-10-15;2-1-3/h1-13H,19H2;2-3H. The Morgan fingerprint density at radius 1 is 0.636 bits per heavy atom. The highest BCUT2D eigenvalue weighted by Gasteiger charge is 2.07. The Morgan fingerprint density at radius 2 is 1.09 bits per heavy atom. The van der Waals surface area contributed by atoms with Crippen LogP contribution >= 0.6 is 0 Å². The Kier molecular flexibility index (Phi) is 5.77. The molecule has 0 aliphatic heterocycles. The predicted molar refractivity (Wildman–Crippen MR) is 91.9 cm³/mol. The highest BCUT2D eigenvalue weighted by molar-refractivity contribution is 6.13. The smallest absolute Gasteiger partial charge is 0.429 e. The molecule has 3 aromatic carbocycles. The van der Waals surface area contributed by atoms with E-state index in [9.17, 15) is 0 Å². The number of benzene rings is 3. The molecule has 0 aromatic heterocycles. The third-order valence-corrected chi connectivity index (χ3v) is 3.21. The quantitative estimate of drug-likeness (QED) is 0.502. The summed E-state index contributed by atoms with van der Waals surface area (Å²) in [6, 6.07) is 26.8. The van der Waals surface area contributed by atoms with Gasteiger partial charge in [-0.25, -0.2) is 0 Å². The molecule has 0 atom stereocenters. The van der Waals surface area contributed by atoms with Crippen LogP contribution in [0.4, 0.5) is 5.69 Å². The molecule has 0 unspecified atom stereocenters. The van der Waals surface area contributed by atoms with Crippen LogP contribution in [-0.2, 0) is 0 Å². The molecule has 3 rings (SSSR count). The van der Waals surface area contributed by atoms with Crippen LogP contribution in [0, 0.1) is 0 Å². The number of hydrogen-bond donors (Lipinski definition) is 3. The summed E-state index contributed by atoms with van der Waals surface area (Å²) in [4.78, 5) is 0. The highest BCUT2D eigenvalue weighted by Crippen LogP contribution is 2.33. The van der Waals surface area contributed by atoms with Gasteiger partial charge in [0.05, 0.1) is 0 Å². The third kappa shape index (κ3) is 3.98. The fraction of sp³-hybridized carbons (Fsp3) is 0. The Balaban J connectivity index is 0.000000545. The summed E-state index contributed by atoms with van der Waals surface area (Å²) in [5.41, 5.74) is 11.5. The molecule has 109 valence electrons. The normalized spacial score (nSPS) is 9.55. The molecular weight excluding hydrogens is 273 g/mol. The molecule has 0 aliphatic rings. The van der Waals surface area contributed by atoms with Crippen molar-refractivity contribution in [1.82, 2.24) is 0 Å². The molecule has 22 heavy (non-hydrogen) atoms. The van der Waals surface area contributed by atoms with Crippen molar-refractivity contribution in [3.8, 4) is 22.3 Å². The Morgan fingerprint density at radius 3 is 1.59 bits per heavy atom. The maximum Gasteiger partial charge on any atom is 0.482 e. The lowest BCUT2D eigenvalue weighted by molar-refractivity contribution is 0.448. The average Bonchev–Trinajstić information content (AvgIpc) is 2.57. The van der Waals surface area contributed by atoms with Gasteiger partial charge in [-0.05, 0) is 34.4 Å². The van der Waals surface area contributed by atoms with Gasteiger partial charge in [0.15, 0.2) is 0 Å². The van der Waals surface area contributed by atoms with Gasteiger partial charge in [0.1, 0.15) is 0 Å². The second-order valence-corrected chi connectivity index (χ2v) is 4.65. The molecule has 4 heteroatoms. The fourth-order valence-electron chi connectivity index (χ4n) is 2.29. The molecule has 0 spiro atoms. The summed E-state index contributed by atoms with van der Waals surface area (Å²) in [7, 11) is 0. The summed E-state index contributed by atoms with van der Waals surface area (Å²) in [5.74, 6) is 0. The average molecular weight is 290 g/mol. The van der Waals surface area contributed by atoms with E-state index >= 15 is 0 Å². The first-order chi connectivity index (χ1) is 10.8. The highest BCUT2D eigenvalue weighted by atomic mass is 16.4. The molecule has 0 amide bonds. The first-order valence-corrected chi connectivity index (χ1v) is 6.86. The molecule has 0 aliphatic carbocycles. The van der Waals surface area contributed by atoms with Gasteiger partial charge < -0.3 is 15.8 Å². The van der Waals surface area contributed by atoms with Gasteiger partial charge in [-0.3, -0.25) is 0 Å². The summed E-state index contributed by atoms with van der Waals surface area (Å²) < 4.78 is 0. The van der Waals surface area contributed by atoms with Crippen molar-refractivity contribution in [2.75, 3.05) is 5.73 Å². The van der Waals surface area contributed by atoms with Gasteiger partial charge in [-0.15, -0.1) is 0 Å². The van der Waals surface area contributed by atoms with Crippen molar-refractivity contribution < 1.29 is 10.0 Å². The van der Waals surface area contributed by atoms with Crippen molar-refractivity contribution in [1.29, 1.82) is 0 Å². The summed E-state index contributed by atoms with van der Waals surface area (Å²) in [6.45, 7) is 0. The van der Waals surface area contributed by atoms with E-state index in [2.05, 4.69) is 42.5 Å². The summed E-state index contributed by atoms with van der Waals surface area (Å²) in [5, 5.41) is 14.0. The molecule has 1 radical (unpaired) electrons. The van der Waals surface area contributed by atoms with E-state index in [0.717, 1.165) is 5.69 Å².